The summed E-state index contributed by atoms with van der Waals surface area (Å²) in [5.74, 6) is 1.51. The summed E-state index contributed by atoms with van der Waals surface area (Å²) in [4.78, 5) is 26.9. The first kappa shape index (κ1) is 23.2. The Hall–Kier alpha value is -4.00. The third-order valence-electron chi connectivity index (χ3n) is 5.42. The second kappa shape index (κ2) is 10.7. The first-order chi connectivity index (χ1) is 16.5. The molecule has 0 saturated heterocycles. The van der Waals surface area contributed by atoms with Gasteiger partial charge < -0.3 is 24.4 Å². The molecule has 1 heterocycles. The molecule has 1 N–H and O–H groups in total. The van der Waals surface area contributed by atoms with Crippen LogP contribution in [0.1, 0.15) is 19.4 Å². The maximum absolute atomic E-state index is 12.8. The van der Waals surface area contributed by atoms with E-state index in [1.807, 2.05) is 37.3 Å². The number of carbonyl (C=O) groups is 2. The van der Waals surface area contributed by atoms with E-state index in [1.165, 1.54) is 0 Å². The number of amides is 2. The minimum Gasteiger partial charge on any atom is -0.494 e. The molecule has 0 saturated carbocycles. The summed E-state index contributed by atoms with van der Waals surface area (Å²) in [7, 11) is 0. The molecule has 176 valence electrons. The van der Waals surface area contributed by atoms with Crippen molar-refractivity contribution in [1.82, 2.24) is 0 Å². The van der Waals surface area contributed by atoms with Crippen LogP contribution in [-0.2, 0) is 16.0 Å². The van der Waals surface area contributed by atoms with Crippen molar-refractivity contribution in [2.24, 2.45) is 0 Å². The molecule has 2 amide bonds. The minimum atomic E-state index is -0.600. The molecule has 7 nitrogen and oxygen atoms in total. The number of carbonyl (C=O) groups excluding carboxylic acids is 2. The van der Waals surface area contributed by atoms with Gasteiger partial charge in [-0.1, -0.05) is 30.3 Å². The number of benzene rings is 3. The van der Waals surface area contributed by atoms with Crippen molar-refractivity contribution >= 4 is 23.2 Å². The number of nitrogens with zero attached hydrogens (tertiary/aromatic N) is 1. The van der Waals surface area contributed by atoms with Crippen molar-refractivity contribution in [2.75, 3.05) is 30.0 Å². The van der Waals surface area contributed by atoms with E-state index in [0.29, 0.717) is 36.0 Å². The van der Waals surface area contributed by atoms with Crippen molar-refractivity contribution in [2.45, 2.75) is 26.4 Å². The predicted octanol–water partition coefficient (Wildman–Crippen LogP) is 4.46. The second-order valence-electron chi connectivity index (χ2n) is 7.91. The van der Waals surface area contributed by atoms with Gasteiger partial charge >= 0.3 is 0 Å². The van der Waals surface area contributed by atoms with Crippen molar-refractivity contribution in [3.63, 3.8) is 0 Å². The molecule has 4 rings (SSSR count). The number of fused-ring (bicyclic) bond motifs is 1. The largest absolute Gasteiger partial charge is 0.494 e. The molecule has 0 spiro atoms. The molecule has 1 unspecified atom stereocenters. The molecular weight excluding hydrogens is 432 g/mol. The van der Waals surface area contributed by atoms with Gasteiger partial charge in [-0.05, 0) is 62.2 Å². The SMILES string of the molecule is CCOc1ccc(OCC(=O)Nc2ccc3c(c2)OC(C)C(=O)N3CCc2ccccc2)cc1. The smallest absolute Gasteiger partial charge is 0.267 e. The summed E-state index contributed by atoms with van der Waals surface area (Å²) in [5.41, 5.74) is 2.43. The topological polar surface area (TPSA) is 77.1 Å². The highest BCUT2D eigenvalue weighted by molar-refractivity contribution is 6.00. The van der Waals surface area contributed by atoms with Gasteiger partial charge in [0.15, 0.2) is 12.7 Å². The molecule has 0 aromatic heterocycles. The minimum absolute atomic E-state index is 0.0797. The molecule has 0 bridgehead atoms. The van der Waals surface area contributed by atoms with E-state index in [-0.39, 0.29) is 18.4 Å². The zero-order chi connectivity index (χ0) is 23.9. The highest BCUT2D eigenvalue weighted by Crippen LogP contribution is 2.36. The highest BCUT2D eigenvalue weighted by Gasteiger charge is 2.31. The van der Waals surface area contributed by atoms with Crippen LogP contribution in [0.4, 0.5) is 11.4 Å². The van der Waals surface area contributed by atoms with Gasteiger partial charge in [-0.15, -0.1) is 0 Å². The Morgan fingerprint density at radius 1 is 1.00 bits per heavy atom. The average molecular weight is 461 g/mol. The second-order valence-corrected chi connectivity index (χ2v) is 7.91. The Morgan fingerprint density at radius 3 is 2.41 bits per heavy atom. The van der Waals surface area contributed by atoms with Crippen LogP contribution in [0.25, 0.3) is 0 Å². The molecule has 3 aromatic carbocycles. The lowest BCUT2D eigenvalue weighted by atomic mass is 10.1. The zero-order valence-electron chi connectivity index (χ0n) is 19.3. The summed E-state index contributed by atoms with van der Waals surface area (Å²) >= 11 is 0. The maximum atomic E-state index is 12.8. The van der Waals surface area contributed by atoms with E-state index in [4.69, 9.17) is 14.2 Å². The Bertz CT molecular complexity index is 1130. The zero-order valence-corrected chi connectivity index (χ0v) is 19.3. The summed E-state index contributed by atoms with van der Waals surface area (Å²) in [6.07, 6.45) is 0.136. The fourth-order valence-electron chi connectivity index (χ4n) is 3.75. The van der Waals surface area contributed by atoms with Crippen LogP contribution in [0, 0.1) is 0 Å². The van der Waals surface area contributed by atoms with Gasteiger partial charge in [-0.25, -0.2) is 0 Å². The Labute approximate surface area is 199 Å². The summed E-state index contributed by atoms with van der Waals surface area (Å²) in [5, 5.41) is 2.82. The van der Waals surface area contributed by atoms with Crippen LogP contribution >= 0.6 is 0 Å². The van der Waals surface area contributed by atoms with E-state index in [2.05, 4.69) is 5.32 Å². The lowest BCUT2D eigenvalue weighted by Gasteiger charge is -2.33. The first-order valence-corrected chi connectivity index (χ1v) is 11.3. The van der Waals surface area contributed by atoms with Gasteiger partial charge in [0.25, 0.3) is 11.8 Å². The molecule has 0 radical (unpaired) electrons. The van der Waals surface area contributed by atoms with Gasteiger partial charge in [0.1, 0.15) is 17.2 Å². The molecule has 1 atom stereocenters. The number of anilines is 2. The fraction of sp³-hybridized carbons (Fsp3) is 0.259. The van der Waals surface area contributed by atoms with Gasteiger partial charge in [0.05, 0.1) is 12.3 Å². The predicted molar refractivity (Wildman–Crippen MR) is 131 cm³/mol. The van der Waals surface area contributed by atoms with Gasteiger partial charge in [0, 0.05) is 18.3 Å². The average Bonchev–Trinajstić information content (AvgIpc) is 2.85. The Morgan fingerprint density at radius 2 is 1.71 bits per heavy atom. The normalized spacial score (nSPS) is 14.7. The van der Waals surface area contributed by atoms with Gasteiger partial charge in [-0.2, -0.15) is 0 Å². The lowest BCUT2D eigenvalue weighted by Crippen LogP contribution is -2.45. The van der Waals surface area contributed by atoms with E-state index in [0.717, 1.165) is 17.7 Å². The number of nitrogens with one attached hydrogen (secondary N) is 1. The summed E-state index contributed by atoms with van der Waals surface area (Å²) < 4.78 is 16.8. The van der Waals surface area contributed by atoms with Crippen molar-refractivity contribution in [1.29, 1.82) is 0 Å². The first-order valence-electron chi connectivity index (χ1n) is 11.3. The summed E-state index contributed by atoms with van der Waals surface area (Å²) in [6, 6.07) is 22.4. The molecule has 34 heavy (non-hydrogen) atoms. The monoisotopic (exact) mass is 460 g/mol. The van der Waals surface area contributed by atoms with Crippen molar-refractivity contribution in [3.8, 4) is 17.2 Å². The lowest BCUT2D eigenvalue weighted by molar-refractivity contribution is -0.125. The Balaban J connectivity index is 1.38. The highest BCUT2D eigenvalue weighted by atomic mass is 16.5. The number of hydrogen-bond acceptors (Lipinski definition) is 5. The fourth-order valence-corrected chi connectivity index (χ4v) is 3.75. The molecule has 7 heteroatoms. The molecule has 3 aromatic rings. The molecule has 1 aliphatic heterocycles. The quantitative estimate of drug-likeness (QED) is 0.510. The van der Waals surface area contributed by atoms with Gasteiger partial charge in [-0.3, -0.25) is 9.59 Å². The van der Waals surface area contributed by atoms with Gasteiger partial charge in [0.2, 0.25) is 0 Å². The van der Waals surface area contributed by atoms with Crippen molar-refractivity contribution in [3.05, 3.63) is 78.4 Å². The van der Waals surface area contributed by atoms with Crippen LogP contribution < -0.4 is 24.4 Å². The van der Waals surface area contributed by atoms with Crippen LogP contribution in [0.5, 0.6) is 17.2 Å². The standard InChI is InChI=1S/C27H28N2O5/c1-3-32-22-10-12-23(13-11-22)33-18-26(30)28-21-9-14-24-25(17-21)34-19(2)27(31)29(24)16-15-20-7-5-4-6-8-20/h4-14,17,19H,3,15-16,18H2,1-2H3,(H,28,30). The Kier molecular flexibility index (Phi) is 7.32. The van der Waals surface area contributed by atoms with Crippen LogP contribution in [-0.4, -0.2) is 37.7 Å². The van der Waals surface area contributed by atoms with Crippen molar-refractivity contribution < 1.29 is 23.8 Å². The third kappa shape index (κ3) is 5.67. The third-order valence-corrected chi connectivity index (χ3v) is 5.42. The maximum Gasteiger partial charge on any atom is 0.267 e. The van der Waals surface area contributed by atoms with Crippen LogP contribution in [0.15, 0.2) is 72.8 Å². The number of rotatable bonds is 9. The van der Waals surface area contributed by atoms with Crippen LogP contribution in [0.3, 0.4) is 0 Å². The van der Waals surface area contributed by atoms with E-state index >= 15 is 0 Å². The molecule has 1 aliphatic rings. The van der Waals surface area contributed by atoms with E-state index < -0.39 is 6.10 Å². The number of ether oxygens (including phenoxy) is 3. The molecule has 0 fully saturated rings. The van der Waals surface area contributed by atoms with E-state index in [9.17, 15) is 9.59 Å². The summed E-state index contributed by atoms with van der Waals surface area (Å²) in [6.45, 7) is 4.65. The molecule has 0 aliphatic carbocycles. The number of hydrogen-bond donors (Lipinski definition) is 1. The van der Waals surface area contributed by atoms with Crippen LogP contribution in [0.2, 0.25) is 0 Å². The molecular formula is C27H28N2O5. The van der Waals surface area contributed by atoms with E-state index in [1.54, 1.807) is 54.3 Å².